The lowest BCUT2D eigenvalue weighted by molar-refractivity contribution is 0.0751. The molecule has 0 unspecified atom stereocenters. The van der Waals surface area contributed by atoms with Crippen molar-refractivity contribution in [1.29, 1.82) is 0 Å². The highest BCUT2D eigenvalue weighted by Gasteiger charge is 2.19. The second-order valence-electron chi connectivity index (χ2n) is 5.16. The van der Waals surface area contributed by atoms with Crippen LogP contribution in [0.1, 0.15) is 27.4 Å². The Hall–Kier alpha value is -2.14. The highest BCUT2D eigenvalue weighted by atomic mass is 35.5. The Morgan fingerprint density at radius 3 is 2.52 bits per heavy atom. The van der Waals surface area contributed by atoms with E-state index >= 15 is 0 Å². The number of hydrogen-bond acceptors (Lipinski definition) is 4. The topological polar surface area (TPSA) is 51.9 Å². The molecular formula is C17H20ClNO4. The number of nitrogens with zero attached hydrogens (tertiary/aromatic N) is 1. The minimum atomic E-state index is -0.206. The summed E-state index contributed by atoms with van der Waals surface area (Å²) in [6.45, 7) is 2.18. The van der Waals surface area contributed by atoms with Gasteiger partial charge in [-0.15, -0.1) is 11.6 Å². The Balaban J connectivity index is 2.17. The van der Waals surface area contributed by atoms with Gasteiger partial charge in [-0.1, -0.05) is 0 Å². The first-order chi connectivity index (χ1) is 11.0. The molecule has 1 heterocycles. The van der Waals surface area contributed by atoms with Crippen LogP contribution >= 0.6 is 11.6 Å². The first-order valence-electron chi connectivity index (χ1n) is 7.11. The Kier molecular flexibility index (Phi) is 5.55. The highest BCUT2D eigenvalue weighted by Crippen LogP contribution is 2.26. The van der Waals surface area contributed by atoms with Gasteiger partial charge < -0.3 is 18.8 Å². The zero-order chi connectivity index (χ0) is 17.0. The van der Waals surface area contributed by atoms with Gasteiger partial charge in [0, 0.05) is 30.8 Å². The molecule has 6 heteroatoms. The van der Waals surface area contributed by atoms with Crippen molar-refractivity contribution in [1.82, 2.24) is 4.90 Å². The summed E-state index contributed by atoms with van der Waals surface area (Å²) in [5.74, 6) is 2.43. The van der Waals surface area contributed by atoms with Crippen molar-refractivity contribution in [3.8, 4) is 11.5 Å². The van der Waals surface area contributed by atoms with E-state index in [-0.39, 0.29) is 11.7 Å². The Bertz CT molecular complexity index is 696. The standard InChI is InChI=1S/C17H20ClNO4/c1-11-13(9-18)7-16(23-11)17(20)19(2)10-12-5-6-14(21-3)8-15(12)22-4/h5-8H,9-10H2,1-4H3. The maximum absolute atomic E-state index is 12.5. The van der Waals surface area contributed by atoms with E-state index in [1.54, 1.807) is 45.2 Å². The number of halogens is 1. The quantitative estimate of drug-likeness (QED) is 0.755. The summed E-state index contributed by atoms with van der Waals surface area (Å²) in [4.78, 5) is 14.0. The van der Waals surface area contributed by atoms with Crippen molar-refractivity contribution in [3.63, 3.8) is 0 Å². The lowest BCUT2D eigenvalue weighted by Gasteiger charge is -2.18. The summed E-state index contributed by atoms with van der Waals surface area (Å²) in [6.07, 6.45) is 0. The van der Waals surface area contributed by atoms with E-state index in [1.165, 1.54) is 0 Å². The van der Waals surface area contributed by atoms with E-state index in [0.29, 0.717) is 29.7 Å². The minimum absolute atomic E-state index is 0.206. The van der Waals surface area contributed by atoms with Crippen molar-refractivity contribution in [2.24, 2.45) is 0 Å². The van der Waals surface area contributed by atoms with Crippen LogP contribution in [0.4, 0.5) is 0 Å². The predicted molar refractivity (Wildman–Crippen MR) is 88.3 cm³/mol. The Morgan fingerprint density at radius 2 is 1.96 bits per heavy atom. The van der Waals surface area contributed by atoms with Crippen molar-refractivity contribution in [3.05, 3.63) is 46.9 Å². The Labute approximate surface area is 140 Å². The van der Waals surface area contributed by atoms with Crippen LogP contribution in [0.15, 0.2) is 28.7 Å². The van der Waals surface area contributed by atoms with Gasteiger partial charge in [0.15, 0.2) is 5.76 Å². The molecule has 2 aromatic rings. The molecule has 0 N–H and O–H groups in total. The number of alkyl halides is 1. The van der Waals surface area contributed by atoms with Crippen LogP contribution in [0, 0.1) is 6.92 Å². The van der Waals surface area contributed by atoms with Crippen molar-refractivity contribution in [2.45, 2.75) is 19.3 Å². The SMILES string of the molecule is COc1ccc(CN(C)C(=O)c2cc(CCl)c(C)o2)c(OC)c1. The first kappa shape index (κ1) is 17.2. The number of rotatable bonds is 6. The number of benzene rings is 1. The summed E-state index contributed by atoms with van der Waals surface area (Å²) in [5, 5.41) is 0. The van der Waals surface area contributed by atoms with Gasteiger partial charge in [0.05, 0.1) is 20.1 Å². The normalized spacial score (nSPS) is 10.5. The summed E-state index contributed by atoms with van der Waals surface area (Å²) < 4.78 is 16.0. The molecule has 1 aromatic heterocycles. The van der Waals surface area contributed by atoms with Crippen molar-refractivity contribution < 1.29 is 18.7 Å². The monoisotopic (exact) mass is 337 g/mol. The van der Waals surface area contributed by atoms with Gasteiger partial charge in [-0.05, 0) is 25.1 Å². The van der Waals surface area contributed by atoms with E-state index in [4.69, 9.17) is 25.5 Å². The van der Waals surface area contributed by atoms with E-state index in [2.05, 4.69) is 0 Å². The van der Waals surface area contributed by atoms with Crippen LogP contribution in [-0.4, -0.2) is 32.1 Å². The number of furan rings is 1. The molecular weight excluding hydrogens is 318 g/mol. The molecule has 0 aliphatic heterocycles. The van der Waals surface area contributed by atoms with Crippen molar-refractivity contribution >= 4 is 17.5 Å². The number of aryl methyl sites for hydroxylation is 1. The average molecular weight is 338 g/mol. The third kappa shape index (κ3) is 3.79. The highest BCUT2D eigenvalue weighted by molar-refractivity contribution is 6.17. The summed E-state index contributed by atoms with van der Waals surface area (Å²) >= 11 is 5.81. The summed E-state index contributed by atoms with van der Waals surface area (Å²) in [7, 11) is 4.89. The average Bonchev–Trinajstić information content (AvgIpc) is 2.95. The largest absolute Gasteiger partial charge is 0.497 e. The number of amides is 1. The maximum atomic E-state index is 12.5. The first-order valence-corrected chi connectivity index (χ1v) is 7.65. The number of ether oxygens (including phenoxy) is 2. The zero-order valence-corrected chi connectivity index (χ0v) is 14.4. The van der Waals surface area contributed by atoms with E-state index in [1.807, 2.05) is 12.1 Å². The molecule has 1 amide bonds. The van der Waals surface area contributed by atoms with Crippen LogP contribution in [0.3, 0.4) is 0 Å². The fraction of sp³-hybridized carbons (Fsp3) is 0.353. The molecule has 1 aromatic carbocycles. The fourth-order valence-electron chi connectivity index (χ4n) is 2.26. The van der Waals surface area contributed by atoms with E-state index in [9.17, 15) is 4.79 Å². The molecule has 0 spiro atoms. The van der Waals surface area contributed by atoms with Crippen LogP contribution < -0.4 is 9.47 Å². The summed E-state index contributed by atoms with van der Waals surface area (Å²) in [6, 6.07) is 7.18. The van der Waals surface area contributed by atoms with Gasteiger partial charge in [0.2, 0.25) is 0 Å². The van der Waals surface area contributed by atoms with Gasteiger partial charge in [-0.25, -0.2) is 0 Å². The van der Waals surface area contributed by atoms with Crippen LogP contribution in [-0.2, 0) is 12.4 Å². The minimum Gasteiger partial charge on any atom is -0.497 e. The molecule has 0 aliphatic rings. The molecule has 0 atom stereocenters. The second-order valence-corrected chi connectivity index (χ2v) is 5.43. The molecule has 0 aliphatic carbocycles. The van der Waals surface area contributed by atoms with Crippen LogP contribution in [0.5, 0.6) is 11.5 Å². The number of carbonyl (C=O) groups is 1. The van der Waals surface area contributed by atoms with Crippen LogP contribution in [0.2, 0.25) is 0 Å². The molecule has 0 saturated carbocycles. The fourth-order valence-corrected chi connectivity index (χ4v) is 2.52. The van der Waals surface area contributed by atoms with Gasteiger partial charge >= 0.3 is 0 Å². The Morgan fingerprint density at radius 1 is 1.22 bits per heavy atom. The lowest BCUT2D eigenvalue weighted by Crippen LogP contribution is -2.26. The van der Waals surface area contributed by atoms with Gasteiger partial charge in [0.1, 0.15) is 17.3 Å². The van der Waals surface area contributed by atoms with Gasteiger partial charge in [-0.2, -0.15) is 0 Å². The molecule has 23 heavy (non-hydrogen) atoms. The number of hydrogen-bond donors (Lipinski definition) is 0. The van der Waals surface area contributed by atoms with E-state index < -0.39 is 0 Å². The smallest absolute Gasteiger partial charge is 0.289 e. The summed E-state index contributed by atoms with van der Waals surface area (Å²) in [5.41, 5.74) is 1.70. The predicted octanol–water partition coefficient (Wildman–Crippen LogP) is 3.62. The lowest BCUT2D eigenvalue weighted by atomic mass is 10.1. The molecule has 0 fully saturated rings. The molecule has 0 bridgehead atoms. The zero-order valence-electron chi connectivity index (χ0n) is 13.7. The van der Waals surface area contributed by atoms with E-state index in [0.717, 1.165) is 11.1 Å². The third-order valence-corrected chi connectivity index (χ3v) is 3.91. The molecule has 124 valence electrons. The second kappa shape index (κ2) is 7.42. The molecule has 5 nitrogen and oxygen atoms in total. The third-order valence-electron chi connectivity index (χ3n) is 3.62. The van der Waals surface area contributed by atoms with Gasteiger partial charge in [-0.3, -0.25) is 4.79 Å². The maximum Gasteiger partial charge on any atom is 0.289 e. The number of carbonyl (C=O) groups excluding carboxylic acids is 1. The molecule has 2 rings (SSSR count). The van der Waals surface area contributed by atoms with Gasteiger partial charge in [0.25, 0.3) is 5.91 Å². The number of methoxy groups -OCH3 is 2. The molecule has 0 saturated heterocycles. The van der Waals surface area contributed by atoms with Crippen LogP contribution in [0.25, 0.3) is 0 Å². The van der Waals surface area contributed by atoms with Crippen molar-refractivity contribution in [2.75, 3.05) is 21.3 Å². The molecule has 0 radical (unpaired) electrons.